The molecule has 3 aromatic rings. The summed E-state index contributed by atoms with van der Waals surface area (Å²) in [4.78, 5) is 13.1. The van der Waals surface area contributed by atoms with Crippen molar-refractivity contribution in [3.05, 3.63) is 94.0 Å². The fourth-order valence-corrected chi connectivity index (χ4v) is 5.67. The molecule has 0 fully saturated rings. The van der Waals surface area contributed by atoms with Crippen molar-refractivity contribution in [1.29, 1.82) is 0 Å². The summed E-state index contributed by atoms with van der Waals surface area (Å²) in [5.41, 5.74) is 5.15. The van der Waals surface area contributed by atoms with Crippen LogP contribution in [0.5, 0.6) is 0 Å². The Morgan fingerprint density at radius 1 is 1.00 bits per heavy atom. The number of amides is 1. The molecule has 1 atom stereocenters. The van der Waals surface area contributed by atoms with Crippen LogP contribution < -0.4 is 9.62 Å². The predicted molar refractivity (Wildman–Crippen MR) is 132 cm³/mol. The van der Waals surface area contributed by atoms with Crippen LogP contribution in [0, 0.1) is 6.92 Å². The first-order valence-electron chi connectivity index (χ1n) is 11.0. The van der Waals surface area contributed by atoms with Gasteiger partial charge in [0.15, 0.2) is 0 Å². The maximum atomic E-state index is 13.5. The lowest BCUT2D eigenvalue weighted by Crippen LogP contribution is -2.41. The molecular formula is C26H27ClN2O3S. The van der Waals surface area contributed by atoms with Crippen molar-refractivity contribution in [2.75, 3.05) is 10.8 Å². The Labute approximate surface area is 200 Å². The first-order valence-corrected chi connectivity index (χ1v) is 12.8. The van der Waals surface area contributed by atoms with Gasteiger partial charge in [-0.25, -0.2) is 8.42 Å². The molecule has 0 radical (unpaired) electrons. The number of hydrogen-bond acceptors (Lipinski definition) is 3. The third-order valence-corrected chi connectivity index (χ3v) is 8.05. The number of sulfonamides is 1. The minimum absolute atomic E-state index is 0.0759. The lowest BCUT2D eigenvalue weighted by atomic mass is 10.0. The van der Waals surface area contributed by atoms with E-state index in [-0.39, 0.29) is 23.4 Å². The Morgan fingerprint density at radius 2 is 1.67 bits per heavy atom. The van der Waals surface area contributed by atoms with E-state index in [0.29, 0.717) is 10.7 Å². The normalized spacial score (nSPS) is 13.9. The molecule has 1 aliphatic carbocycles. The Hall–Kier alpha value is -2.83. The number of anilines is 1. The molecule has 7 heteroatoms. The number of halogens is 1. The van der Waals surface area contributed by atoms with Crippen molar-refractivity contribution >= 4 is 33.2 Å². The molecular weight excluding hydrogens is 456 g/mol. The summed E-state index contributed by atoms with van der Waals surface area (Å²) >= 11 is 5.94. The summed E-state index contributed by atoms with van der Waals surface area (Å²) < 4.78 is 28.0. The van der Waals surface area contributed by atoms with E-state index in [0.717, 1.165) is 34.7 Å². The van der Waals surface area contributed by atoms with Crippen molar-refractivity contribution in [1.82, 2.24) is 5.32 Å². The highest BCUT2D eigenvalue weighted by atomic mass is 35.5. The highest BCUT2D eigenvalue weighted by Gasteiger charge is 2.28. The van der Waals surface area contributed by atoms with E-state index in [4.69, 9.17) is 11.6 Å². The molecule has 1 amide bonds. The molecule has 0 heterocycles. The van der Waals surface area contributed by atoms with Crippen LogP contribution in [0.25, 0.3) is 0 Å². The van der Waals surface area contributed by atoms with Gasteiger partial charge in [0.1, 0.15) is 6.54 Å². The summed E-state index contributed by atoms with van der Waals surface area (Å²) in [7, 11) is -3.97. The van der Waals surface area contributed by atoms with Crippen LogP contribution in [0.3, 0.4) is 0 Å². The molecule has 0 aliphatic heterocycles. The van der Waals surface area contributed by atoms with Gasteiger partial charge in [-0.3, -0.25) is 9.10 Å². The number of aryl methyl sites for hydroxylation is 3. The van der Waals surface area contributed by atoms with Gasteiger partial charge in [0.05, 0.1) is 16.6 Å². The van der Waals surface area contributed by atoms with Gasteiger partial charge in [0.25, 0.3) is 10.0 Å². The molecule has 0 saturated carbocycles. The highest BCUT2D eigenvalue weighted by Crippen LogP contribution is 2.27. The van der Waals surface area contributed by atoms with Crippen LogP contribution in [-0.2, 0) is 27.7 Å². The van der Waals surface area contributed by atoms with Gasteiger partial charge in [-0.2, -0.15) is 0 Å². The topological polar surface area (TPSA) is 66.5 Å². The number of carbonyl (C=O) groups is 1. The van der Waals surface area contributed by atoms with Gasteiger partial charge in [-0.15, -0.1) is 0 Å². The second-order valence-electron chi connectivity index (χ2n) is 8.47. The van der Waals surface area contributed by atoms with Gasteiger partial charge in [-0.1, -0.05) is 47.5 Å². The van der Waals surface area contributed by atoms with Gasteiger partial charge in [0.2, 0.25) is 5.91 Å². The molecule has 4 rings (SSSR count). The minimum Gasteiger partial charge on any atom is -0.348 e. The van der Waals surface area contributed by atoms with Crippen LogP contribution >= 0.6 is 11.6 Å². The fraction of sp³-hybridized carbons (Fsp3) is 0.269. The lowest BCUT2D eigenvalue weighted by molar-refractivity contribution is -0.120. The number of fused-ring (bicyclic) bond motifs is 1. The zero-order chi connectivity index (χ0) is 23.6. The van der Waals surface area contributed by atoms with Crippen LogP contribution in [0.2, 0.25) is 5.02 Å². The average Bonchev–Trinajstić information content (AvgIpc) is 3.26. The SMILES string of the molecule is Cc1ccc(N(CC(=O)N[C@@H](C)c2ccc3c(c2)CCC3)S(=O)(=O)c2ccc(Cl)cc2)cc1. The van der Waals surface area contributed by atoms with Crippen LogP contribution in [0.15, 0.2) is 71.6 Å². The Kier molecular flexibility index (Phi) is 6.77. The summed E-state index contributed by atoms with van der Waals surface area (Å²) in [5.74, 6) is -0.374. The maximum Gasteiger partial charge on any atom is 0.264 e. The summed E-state index contributed by atoms with van der Waals surface area (Å²) in [6, 6.07) is 19.1. The minimum atomic E-state index is -3.97. The van der Waals surface area contributed by atoms with Gasteiger partial charge < -0.3 is 5.32 Å². The van der Waals surface area contributed by atoms with Crippen molar-refractivity contribution in [2.45, 2.75) is 44.0 Å². The molecule has 0 unspecified atom stereocenters. The third kappa shape index (κ3) is 5.23. The van der Waals surface area contributed by atoms with E-state index < -0.39 is 10.0 Å². The molecule has 3 aromatic carbocycles. The Balaban J connectivity index is 1.57. The zero-order valence-electron chi connectivity index (χ0n) is 18.7. The third-order valence-electron chi connectivity index (χ3n) is 6.01. The van der Waals surface area contributed by atoms with Crippen molar-refractivity contribution < 1.29 is 13.2 Å². The standard InChI is InChI=1S/C26H27ClN2O3S/c1-18-6-12-24(13-7-18)29(33(31,32)25-14-10-23(27)11-15-25)17-26(30)28-19(2)21-9-8-20-4-3-5-22(20)16-21/h6-16,19H,3-5,17H2,1-2H3,(H,28,30)/t19-/m0/s1. The lowest BCUT2D eigenvalue weighted by Gasteiger charge is -2.25. The quantitative estimate of drug-likeness (QED) is 0.502. The highest BCUT2D eigenvalue weighted by molar-refractivity contribution is 7.92. The number of benzene rings is 3. The van der Waals surface area contributed by atoms with Gasteiger partial charge >= 0.3 is 0 Å². The van der Waals surface area contributed by atoms with E-state index in [1.54, 1.807) is 12.1 Å². The van der Waals surface area contributed by atoms with E-state index >= 15 is 0 Å². The molecule has 0 aromatic heterocycles. The zero-order valence-corrected chi connectivity index (χ0v) is 20.3. The Bertz CT molecular complexity index is 1260. The molecule has 1 aliphatic rings. The predicted octanol–water partition coefficient (Wildman–Crippen LogP) is 5.21. The van der Waals surface area contributed by atoms with E-state index in [9.17, 15) is 13.2 Å². The van der Waals surface area contributed by atoms with Crippen molar-refractivity contribution in [2.24, 2.45) is 0 Å². The molecule has 172 valence electrons. The molecule has 0 saturated heterocycles. The molecule has 0 spiro atoms. The molecule has 1 N–H and O–H groups in total. The number of nitrogens with one attached hydrogen (secondary N) is 1. The van der Waals surface area contributed by atoms with Crippen molar-refractivity contribution in [3.8, 4) is 0 Å². The number of carbonyl (C=O) groups excluding carboxylic acids is 1. The largest absolute Gasteiger partial charge is 0.348 e. The van der Waals surface area contributed by atoms with E-state index in [1.807, 2.05) is 32.0 Å². The molecule has 33 heavy (non-hydrogen) atoms. The summed E-state index contributed by atoms with van der Waals surface area (Å²) in [6.45, 7) is 3.51. The van der Waals surface area contributed by atoms with Crippen LogP contribution in [0.4, 0.5) is 5.69 Å². The number of rotatable bonds is 7. The van der Waals surface area contributed by atoms with E-state index in [1.165, 1.54) is 35.4 Å². The first kappa shape index (κ1) is 23.3. The van der Waals surface area contributed by atoms with Crippen LogP contribution in [0.1, 0.15) is 41.6 Å². The second-order valence-corrected chi connectivity index (χ2v) is 10.8. The summed E-state index contributed by atoms with van der Waals surface area (Å²) in [5, 5.41) is 3.41. The first-order chi connectivity index (χ1) is 15.7. The van der Waals surface area contributed by atoms with Crippen molar-refractivity contribution in [3.63, 3.8) is 0 Å². The Morgan fingerprint density at radius 3 is 2.36 bits per heavy atom. The number of nitrogens with zero attached hydrogens (tertiary/aromatic N) is 1. The van der Waals surface area contributed by atoms with Crippen LogP contribution in [-0.4, -0.2) is 20.9 Å². The fourth-order valence-electron chi connectivity index (χ4n) is 4.12. The van der Waals surface area contributed by atoms with Gasteiger partial charge in [0, 0.05) is 5.02 Å². The maximum absolute atomic E-state index is 13.5. The number of hydrogen-bond donors (Lipinski definition) is 1. The second kappa shape index (κ2) is 9.57. The molecule has 0 bridgehead atoms. The smallest absolute Gasteiger partial charge is 0.264 e. The monoisotopic (exact) mass is 482 g/mol. The summed E-state index contributed by atoms with van der Waals surface area (Å²) in [6.07, 6.45) is 3.32. The average molecular weight is 483 g/mol. The molecule has 5 nitrogen and oxygen atoms in total. The van der Waals surface area contributed by atoms with Gasteiger partial charge in [-0.05, 0) is 86.2 Å². The van der Waals surface area contributed by atoms with E-state index in [2.05, 4.69) is 17.4 Å².